The number of pyridine rings is 1. The Kier molecular flexibility index (Phi) is 8.55. The molecular formula is C18H31N5O. The summed E-state index contributed by atoms with van der Waals surface area (Å²) in [5, 5.41) is 6.80. The molecule has 2 rings (SSSR count). The van der Waals surface area contributed by atoms with Gasteiger partial charge in [-0.05, 0) is 50.9 Å². The van der Waals surface area contributed by atoms with Crippen molar-refractivity contribution in [3.05, 3.63) is 30.1 Å². The summed E-state index contributed by atoms with van der Waals surface area (Å²) < 4.78 is 5.16. The number of hydrogen-bond donors (Lipinski definition) is 2. The van der Waals surface area contributed by atoms with Crippen molar-refractivity contribution in [2.75, 3.05) is 46.4 Å². The number of hydrogen-bond acceptors (Lipinski definition) is 4. The molecule has 1 fully saturated rings. The smallest absolute Gasteiger partial charge is 0.191 e. The quantitative estimate of drug-likeness (QED) is 0.558. The summed E-state index contributed by atoms with van der Waals surface area (Å²) in [4.78, 5) is 11.4. The van der Waals surface area contributed by atoms with Crippen molar-refractivity contribution in [3.63, 3.8) is 0 Å². The normalized spacial score (nSPS) is 17.0. The molecule has 1 aromatic heterocycles. The molecule has 6 heteroatoms. The maximum Gasteiger partial charge on any atom is 0.191 e. The van der Waals surface area contributed by atoms with Crippen LogP contribution in [0.4, 0.5) is 0 Å². The zero-order chi connectivity index (χ0) is 17.0. The third kappa shape index (κ3) is 6.84. The van der Waals surface area contributed by atoms with Gasteiger partial charge in [0.05, 0.1) is 18.8 Å². The fourth-order valence-corrected chi connectivity index (χ4v) is 2.87. The second kappa shape index (κ2) is 11.0. The molecule has 1 aromatic rings. The molecule has 134 valence electrons. The van der Waals surface area contributed by atoms with E-state index in [0.29, 0.717) is 12.5 Å². The Morgan fingerprint density at radius 2 is 2.17 bits per heavy atom. The van der Waals surface area contributed by atoms with Crippen LogP contribution >= 0.6 is 0 Å². The first-order chi connectivity index (χ1) is 11.8. The third-order valence-electron chi connectivity index (χ3n) is 4.35. The highest BCUT2D eigenvalue weighted by Gasteiger charge is 2.18. The van der Waals surface area contributed by atoms with E-state index in [1.165, 1.54) is 12.8 Å². The van der Waals surface area contributed by atoms with Gasteiger partial charge in [0.1, 0.15) is 0 Å². The van der Waals surface area contributed by atoms with E-state index < -0.39 is 0 Å². The van der Waals surface area contributed by atoms with Crippen LogP contribution in [0.1, 0.15) is 25.5 Å². The molecule has 2 heterocycles. The first kappa shape index (κ1) is 18.7. The van der Waals surface area contributed by atoms with Crippen molar-refractivity contribution >= 4 is 5.96 Å². The van der Waals surface area contributed by atoms with E-state index in [2.05, 4.69) is 32.4 Å². The van der Waals surface area contributed by atoms with Crippen LogP contribution in [0.3, 0.4) is 0 Å². The Morgan fingerprint density at radius 1 is 1.33 bits per heavy atom. The van der Waals surface area contributed by atoms with Gasteiger partial charge < -0.3 is 20.3 Å². The molecular weight excluding hydrogens is 302 g/mol. The number of ether oxygens (including phenoxy) is 1. The second-order valence-electron chi connectivity index (χ2n) is 6.17. The molecule has 0 amide bonds. The van der Waals surface area contributed by atoms with Crippen LogP contribution in [0, 0.1) is 5.92 Å². The average Bonchev–Trinajstić information content (AvgIpc) is 2.64. The van der Waals surface area contributed by atoms with Gasteiger partial charge in [-0.25, -0.2) is 4.99 Å². The summed E-state index contributed by atoms with van der Waals surface area (Å²) in [6.45, 7) is 8.74. The highest BCUT2D eigenvalue weighted by molar-refractivity contribution is 5.79. The van der Waals surface area contributed by atoms with Gasteiger partial charge in [0.25, 0.3) is 0 Å². The minimum atomic E-state index is 0.603. The number of nitrogens with one attached hydrogen (secondary N) is 2. The van der Waals surface area contributed by atoms with Crippen molar-refractivity contribution < 1.29 is 4.74 Å². The molecule has 1 saturated heterocycles. The summed E-state index contributed by atoms with van der Waals surface area (Å²) in [5.74, 6) is 1.59. The zero-order valence-electron chi connectivity index (χ0n) is 15.0. The first-order valence-corrected chi connectivity index (χ1v) is 8.95. The lowest BCUT2D eigenvalue weighted by Crippen LogP contribution is -2.43. The van der Waals surface area contributed by atoms with Gasteiger partial charge in [-0.2, -0.15) is 0 Å². The summed E-state index contributed by atoms with van der Waals surface area (Å²) >= 11 is 0. The molecule has 1 aliphatic heterocycles. The van der Waals surface area contributed by atoms with E-state index in [1.54, 1.807) is 7.11 Å². The molecule has 0 radical (unpaired) electrons. The van der Waals surface area contributed by atoms with Crippen LogP contribution in [0.5, 0.6) is 0 Å². The van der Waals surface area contributed by atoms with Crippen molar-refractivity contribution in [2.45, 2.75) is 26.3 Å². The molecule has 0 bridgehead atoms. The first-order valence-electron chi connectivity index (χ1n) is 8.95. The zero-order valence-corrected chi connectivity index (χ0v) is 15.0. The van der Waals surface area contributed by atoms with Crippen LogP contribution in [0.25, 0.3) is 0 Å². The standard InChI is InChI=1S/C18H31N5O/c1-3-19-18(22-15-17-6-4-5-9-20-17)21-14-16-7-10-23(11-8-16)12-13-24-2/h4-6,9,16H,3,7-8,10-15H2,1-2H3,(H2,19,21,22). The van der Waals surface area contributed by atoms with E-state index >= 15 is 0 Å². The van der Waals surface area contributed by atoms with Crippen LogP contribution in [0.15, 0.2) is 29.4 Å². The van der Waals surface area contributed by atoms with Gasteiger partial charge in [0.2, 0.25) is 0 Å². The van der Waals surface area contributed by atoms with Gasteiger partial charge in [0.15, 0.2) is 5.96 Å². The molecule has 1 aliphatic rings. The predicted octanol–water partition coefficient (Wildman–Crippen LogP) is 1.50. The lowest BCUT2D eigenvalue weighted by Gasteiger charge is -2.32. The maximum atomic E-state index is 5.16. The molecule has 0 aliphatic carbocycles. The number of piperidine rings is 1. The van der Waals surface area contributed by atoms with Gasteiger partial charge >= 0.3 is 0 Å². The molecule has 0 atom stereocenters. The molecule has 0 spiro atoms. The molecule has 0 saturated carbocycles. The minimum absolute atomic E-state index is 0.603. The average molecular weight is 333 g/mol. The monoisotopic (exact) mass is 333 g/mol. The van der Waals surface area contributed by atoms with Crippen molar-refractivity contribution in [3.8, 4) is 0 Å². The Hall–Kier alpha value is -1.66. The minimum Gasteiger partial charge on any atom is -0.383 e. The number of aliphatic imine (C=N–C) groups is 1. The summed E-state index contributed by atoms with van der Waals surface area (Å²) in [7, 11) is 1.77. The highest BCUT2D eigenvalue weighted by Crippen LogP contribution is 2.15. The number of nitrogens with zero attached hydrogens (tertiary/aromatic N) is 3. The second-order valence-corrected chi connectivity index (χ2v) is 6.17. The van der Waals surface area contributed by atoms with Crippen LogP contribution in [-0.4, -0.2) is 62.3 Å². The predicted molar refractivity (Wildman–Crippen MR) is 98.1 cm³/mol. The number of aromatic nitrogens is 1. The van der Waals surface area contributed by atoms with Crippen LogP contribution in [-0.2, 0) is 11.3 Å². The van der Waals surface area contributed by atoms with Crippen molar-refractivity contribution in [1.82, 2.24) is 20.5 Å². The Morgan fingerprint density at radius 3 is 2.83 bits per heavy atom. The van der Waals surface area contributed by atoms with Gasteiger partial charge in [-0.15, -0.1) is 0 Å². The van der Waals surface area contributed by atoms with Crippen molar-refractivity contribution in [1.29, 1.82) is 0 Å². The van der Waals surface area contributed by atoms with Gasteiger partial charge in [0, 0.05) is 32.9 Å². The Balaban J connectivity index is 1.73. The summed E-state index contributed by atoms with van der Waals surface area (Å²) in [6.07, 6.45) is 4.27. The van der Waals surface area contributed by atoms with E-state index in [9.17, 15) is 0 Å². The Bertz CT molecular complexity index is 472. The van der Waals surface area contributed by atoms with Crippen LogP contribution in [0.2, 0.25) is 0 Å². The SMILES string of the molecule is CCNC(=NCc1ccccn1)NCC1CCN(CCOC)CC1. The largest absolute Gasteiger partial charge is 0.383 e. The summed E-state index contributed by atoms with van der Waals surface area (Å²) in [6, 6.07) is 5.92. The molecule has 6 nitrogen and oxygen atoms in total. The van der Waals surface area contributed by atoms with Crippen molar-refractivity contribution in [2.24, 2.45) is 10.9 Å². The fourth-order valence-electron chi connectivity index (χ4n) is 2.87. The lowest BCUT2D eigenvalue weighted by molar-refractivity contribution is 0.121. The Labute approximate surface area is 145 Å². The number of rotatable bonds is 8. The maximum absolute atomic E-state index is 5.16. The lowest BCUT2D eigenvalue weighted by atomic mass is 9.97. The highest BCUT2D eigenvalue weighted by atomic mass is 16.5. The van der Waals surface area contributed by atoms with Crippen LogP contribution < -0.4 is 10.6 Å². The van der Waals surface area contributed by atoms with E-state index in [4.69, 9.17) is 4.74 Å². The third-order valence-corrected chi connectivity index (χ3v) is 4.35. The number of likely N-dealkylation sites (tertiary alicyclic amines) is 1. The molecule has 0 aromatic carbocycles. The summed E-state index contributed by atoms with van der Waals surface area (Å²) in [5.41, 5.74) is 0.987. The van der Waals surface area contributed by atoms with Gasteiger partial charge in [-0.3, -0.25) is 4.98 Å². The molecule has 0 unspecified atom stereocenters. The molecule has 2 N–H and O–H groups in total. The number of methoxy groups -OCH3 is 1. The number of guanidine groups is 1. The fraction of sp³-hybridized carbons (Fsp3) is 0.667. The molecule has 24 heavy (non-hydrogen) atoms. The van der Waals surface area contributed by atoms with E-state index in [1.807, 2.05) is 24.4 Å². The topological polar surface area (TPSA) is 61.8 Å². The van der Waals surface area contributed by atoms with Gasteiger partial charge in [-0.1, -0.05) is 6.07 Å². The van der Waals surface area contributed by atoms with E-state index in [-0.39, 0.29) is 0 Å². The van der Waals surface area contributed by atoms with E-state index in [0.717, 1.165) is 51.0 Å².